The number of carbonyl (C=O) groups excluding carboxylic acids is 1. The van der Waals surface area contributed by atoms with Crippen molar-refractivity contribution in [2.24, 2.45) is 10.2 Å². The first-order valence-corrected chi connectivity index (χ1v) is 7.74. The largest absolute Gasteiger partial charge is 0.391 e. The number of nitrogens with one attached hydrogen (secondary N) is 1. The van der Waals surface area contributed by atoms with Crippen LogP contribution < -0.4 is 10.1 Å². The van der Waals surface area contributed by atoms with Crippen LogP contribution in [0.4, 0.5) is 5.69 Å². The topological polar surface area (TPSA) is 79.2 Å². The first-order valence-electron chi connectivity index (χ1n) is 7.74. The van der Waals surface area contributed by atoms with Crippen LogP contribution in [0.15, 0.2) is 40.6 Å². The third-order valence-corrected chi connectivity index (χ3v) is 4.19. The maximum absolute atomic E-state index is 12.5. The molecule has 1 aliphatic heterocycles. The number of carbonyl (C=O) groups is 1. The second kappa shape index (κ2) is 6.36. The monoisotopic (exact) mass is 301 g/mol. The molecule has 1 aliphatic carbocycles. The molecule has 1 aromatic carbocycles. The van der Waals surface area contributed by atoms with Gasteiger partial charge in [-0.2, -0.15) is 10.2 Å². The van der Waals surface area contributed by atoms with Gasteiger partial charge in [0.2, 0.25) is 11.8 Å². The number of rotatable bonds is 3. The fourth-order valence-electron chi connectivity index (χ4n) is 2.88. The molecule has 22 heavy (non-hydrogen) atoms. The van der Waals surface area contributed by atoms with Crippen LogP contribution in [-0.4, -0.2) is 34.9 Å². The number of hydrogen-bond donors (Lipinski definition) is 2. The van der Waals surface area contributed by atoms with Crippen LogP contribution in [-0.2, 0) is 4.79 Å². The predicted molar refractivity (Wildman–Crippen MR) is 82.5 cm³/mol. The van der Waals surface area contributed by atoms with Crippen molar-refractivity contribution in [3.05, 3.63) is 30.3 Å². The summed E-state index contributed by atoms with van der Waals surface area (Å²) in [7, 11) is 0. The highest BCUT2D eigenvalue weighted by Gasteiger charge is 2.41. The Hall–Kier alpha value is -2.08. The molecular weight excluding hydrogens is 280 g/mol. The van der Waals surface area contributed by atoms with Crippen molar-refractivity contribution in [2.45, 2.75) is 50.8 Å². The molecule has 3 atom stereocenters. The number of hydrazine groups is 1. The molecule has 1 heterocycles. The molecule has 3 rings (SSSR count). The minimum Gasteiger partial charge on any atom is -0.391 e. The number of hydrazone groups is 1. The zero-order valence-corrected chi connectivity index (χ0v) is 12.6. The van der Waals surface area contributed by atoms with Gasteiger partial charge in [0.05, 0.1) is 12.1 Å². The second-order valence-electron chi connectivity index (χ2n) is 5.86. The van der Waals surface area contributed by atoms with E-state index >= 15 is 0 Å². The first-order chi connectivity index (χ1) is 10.7. The summed E-state index contributed by atoms with van der Waals surface area (Å²) in [5.74, 6) is -0.141. The van der Waals surface area contributed by atoms with E-state index in [4.69, 9.17) is 0 Å². The Labute approximate surface area is 129 Å². The summed E-state index contributed by atoms with van der Waals surface area (Å²) in [5.41, 5.74) is 1.53. The molecule has 0 aromatic heterocycles. The summed E-state index contributed by atoms with van der Waals surface area (Å²) in [6, 6.07) is 8.60. The van der Waals surface area contributed by atoms with Crippen LogP contribution in [0, 0.1) is 0 Å². The van der Waals surface area contributed by atoms with Crippen molar-refractivity contribution >= 4 is 17.3 Å². The van der Waals surface area contributed by atoms with Gasteiger partial charge in [-0.25, -0.2) is 0 Å². The van der Waals surface area contributed by atoms with Crippen molar-refractivity contribution in [3.8, 4) is 0 Å². The smallest absolute Gasteiger partial charge is 0.320 e. The van der Waals surface area contributed by atoms with Crippen molar-refractivity contribution in [3.63, 3.8) is 0 Å². The van der Waals surface area contributed by atoms with Crippen LogP contribution in [0.1, 0.15) is 32.6 Å². The standard InChI is InChI=1S/C16H20N4O2/c1-11-15(18-17-13-9-5-6-10-14(13)21)16(22)20(19-11)12-7-3-2-4-8-12/h2-4,7-8,13-15,21H,5-6,9-10H2,1H3/p+1. The lowest BCUT2D eigenvalue weighted by Gasteiger charge is -2.23. The molecular formula is C16H21N4O2+. The molecule has 116 valence electrons. The normalized spacial score (nSPS) is 29.2. The van der Waals surface area contributed by atoms with Gasteiger partial charge in [0.1, 0.15) is 5.69 Å². The van der Waals surface area contributed by atoms with Gasteiger partial charge < -0.3 is 5.11 Å². The van der Waals surface area contributed by atoms with E-state index in [1.165, 1.54) is 5.01 Å². The second-order valence-corrected chi connectivity index (χ2v) is 5.86. The number of hydrogen-bond acceptors (Lipinski definition) is 4. The Morgan fingerprint density at radius 2 is 1.91 bits per heavy atom. The summed E-state index contributed by atoms with van der Waals surface area (Å²) in [4.78, 5) is 12.5. The van der Waals surface area contributed by atoms with E-state index in [9.17, 15) is 9.90 Å². The lowest BCUT2D eigenvalue weighted by molar-refractivity contribution is -0.455. The minimum absolute atomic E-state index is 0.141. The van der Waals surface area contributed by atoms with E-state index in [1.807, 2.05) is 37.3 Å². The fourth-order valence-corrected chi connectivity index (χ4v) is 2.88. The van der Waals surface area contributed by atoms with Gasteiger partial charge in [0.15, 0.2) is 0 Å². The van der Waals surface area contributed by atoms with Gasteiger partial charge in [-0.1, -0.05) is 36.0 Å². The number of nitrogens with zero attached hydrogens (tertiary/aromatic N) is 3. The van der Waals surface area contributed by atoms with E-state index in [0.29, 0.717) is 0 Å². The van der Waals surface area contributed by atoms with E-state index in [0.717, 1.165) is 37.1 Å². The van der Waals surface area contributed by atoms with E-state index in [-0.39, 0.29) is 11.9 Å². The van der Waals surface area contributed by atoms with Gasteiger partial charge in [-0.15, -0.1) is 5.10 Å². The van der Waals surface area contributed by atoms with Crippen LogP contribution in [0.2, 0.25) is 0 Å². The van der Waals surface area contributed by atoms with Crippen molar-refractivity contribution in [2.75, 3.05) is 5.01 Å². The Balaban J connectivity index is 1.73. The Morgan fingerprint density at radius 3 is 2.64 bits per heavy atom. The van der Waals surface area contributed by atoms with Crippen molar-refractivity contribution < 1.29 is 15.0 Å². The molecule has 0 saturated heterocycles. The van der Waals surface area contributed by atoms with Crippen LogP contribution in [0.5, 0.6) is 0 Å². The van der Waals surface area contributed by atoms with Gasteiger partial charge in [0.25, 0.3) is 0 Å². The molecule has 1 amide bonds. The van der Waals surface area contributed by atoms with Gasteiger partial charge in [-0.05, 0) is 25.0 Å². The highest BCUT2D eigenvalue weighted by Crippen LogP contribution is 2.22. The van der Waals surface area contributed by atoms with E-state index in [1.54, 1.807) is 0 Å². The number of aliphatic hydroxyl groups is 1. The van der Waals surface area contributed by atoms with E-state index < -0.39 is 12.1 Å². The minimum atomic E-state index is -0.616. The number of para-hydroxylation sites is 1. The molecule has 0 radical (unpaired) electrons. The number of azo groups is 1. The fraction of sp³-hybridized carbons (Fsp3) is 0.500. The average Bonchev–Trinajstić information content (AvgIpc) is 2.82. The van der Waals surface area contributed by atoms with Crippen molar-refractivity contribution in [1.29, 1.82) is 0 Å². The summed E-state index contributed by atoms with van der Waals surface area (Å²) >= 11 is 0. The van der Waals surface area contributed by atoms with Crippen LogP contribution >= 0.6 is 0 Å². The van der Waals surface area contributed by atoms with Crippen LogP contribution in [0.25, 0.3) is 0 Å². The Morgan fingerprint density at radius 1 is 1.18 bits per heavy atom. The maximum atomic E-state index is 12.5. The highest BCUT2D eigenvalue weighted by molar-refractivity contribution is 6.13. The molecule has 2 aliphatic rings. The SMILES string of the molecule is CC1=[NH+]N(c2ccccc2)C(=O)C1N=NC1CCCCC1O. The van der Waals surface area contributed by atoms with Gasteiger partial charge in [0, 0.05) is 6.92 Å². The maximum Gasteiger partial charge on any atom is 0.320 e. The molecule has 2 N–H and O–H groups in total. The number of aliphatic hydroxyl groups excluding tert-OH is 1. The lowest BCUT2D eigenvalue weighted by atomic mass is 9.93. The first kappa shape index (κ1) is 14.8. The molecule has 6 nitrogen and oxygen atoms in total. The zero-order chi connectivity index (χ0) is 15.5. The third-order valence-electron chi connectivity index (χ3n) is 4.19. The van der Waals surface area contributed by atoms with E-state index in [2.05, 4.69) is 15.3 Å². The number of benzene rings is 1. The molecule has 1 fully saturated rings. The lowest BCUT2D eigenvalue weighted by Crippen LogP contribution is -2.81. The zero-order valence-electron chi connectivity index (χ0n) is 12.6. The number of anilines is 1. The molecule has 3 unspecified atom stereocenters. The molecule has 0 bridgehead atoms. The average molecular weight is 301 g/mol. The summed E-state index contributed by atoms with van der Waals surface area (Å²) in [5, 5.41) is 22.9. The Bertz CT molecular complexity index is 599. The summed E-state index contributed by atoms with van der Waals surface area (Å²) < 4.78 is 0. The number of amides is 1. The van der Waals surface area contributed by atoms with Crippen LogP contribution in [0.3, 0.4) is 0 Å². The predicted octanol–water partition coefficient (Wildman–Crippen LogP) is 0.614. The molecule has 1 saturated carbocycles. The molecule has 0 spiro atoms. The summed E-state index contributed by atoms with van der Waals surface area (Å²) in [6.45, 7) is 1.84. The summed E-state index contributed by atoms with van der Waals surface area (Å²) in [6.07, 6.45) is 3.24. The van der Waals surface area contributed by atoms with Gasteiger partial charge in [-0.3, -0.25) is 4.79 Å². The van der Waals surface area contributed by atoms with Gasteiger partial charge >= 0.3 is 5.91 Å². The third kappa shape index (κ3) is 2.92. The quantitative estimate of drug-likeness (QED) is 0.803. The Kier molecular flexibility index (Phi) is 4.29. The molecule has 6 heteroatoms. The van der Waals surface area contributed by atoms with Crippen molar-refractivity contribution in [1.82, 2.24) is 0 Å². The highest BCUT2D eigenvalue weighted by atomic mass is 16.3. The molecule has 1 aromatic rings.